The molecule has 6 heteroatoms. The molecule has 1 N–H and O–H groups in total. The standard InChI is InChI=1S/C11H6Br2ClFOS/c12-7-4-9(17-11(7)13)10(16)6-3-5(15)1-2-8(6)14/h1-4,10,16H. The van der Waals surface area contributed by atoms with Crippen LogP contribution in [0, 0.1) is 5.82 Å². The Hall–Kier alpha value is 0.0600. The number of benzene rings is 1. The van der Waals surface area contributed by atoms with Crippen LogP contribution < -0.4 is 0 Å². The molecule has 0 aliphatic carbocycles. The Morgan fingerprint density at radius 2 is 2.00 bits per heavy atom. The molecule has 2 aromatic rings. The van der Waals surface area contributed by atoms with E-state index in [1.807, 2.05) is 0 Å². The van der Waals surface area contributed by atoms with Gasteiger partial charge in [0.2, 0.25) is 0 Å². The molecule has 1 unspecified atom stereocenters. The van der Waals surface area contributed by atoms with E-state index in [9.17, 15) is 9.50 Å². The van der Waals surface area contributed by atoms with E-state index in [2.05, 4.69) is 31.9 Å². The van der Waals surface area contributed by atoms with Crippen LogP contribution in [0.5, 0.6) is 0 Å². The van der Waals surface area contributed by atoms with Gasteiger partial charge in [0.1, 0.15) is 11.9 Å². The monoisotopic (exact) mass is 398 g/mol. The molecule has 0 fully saturated rings. The van der Waals surface area contributed by atoms with Crippen LogP contribution >= 0.6 is 54.8 Å². The minimum absolute atomic E-state index is 0.347. The van der Waals surface area contributed by atoms with E-state index < -0.39 is 11.9 Å². The Kier molecular flexibility index (Phi) is 4.26. The molecule has 0 aliphatic heterocycles. The van der Waals surface area contributed by atoms with Crippen molar-refractivity contribution in [2.45, 2.75) is 6.10 Å². The molecule has 0 spiro atoms. The van der Waals surface area contributed by atoms with Crippen LogP contribution in [-0.4, -0.2) is 5.11 Å². The van der Waals surface area contributed by atoms with Crippen molar-refractivity contribution >= 4 is 54.8 Å². The van der Waals surface area contributed by atoms with Gasteiger partial charge in [0.15, 0.2) is 0 Å². The lowest BCUT2D eigenvalue weighted by Gasteiger charge is -2.10. The number of hydrogen-bond acceptors (Lipinski definition) is 2. The fraction of sp³-hybridized carbons (Fsp3) is 0.0909. The summed E-state index contributed by atoms with van der Waals surface area (Å²) in [6, 6.07) is 5.72. The Labute approximate surface area is 123 Å². The van der Waals surface area contributed by atoms with Gasteiger partial charge in [0.25, 0.3) is 0 Å². The van der Waals surface area contributed by atoms with E-state index in [0.717, 1.165) is 8.26 Å². The van der Waals surface area contributed by atoms with E-state index >= 15 is 0 Å². The third-order valence-corrected chi connectivity index (χ3v) is 5.84. The molecule has 2 rings (SSSR count). The highest BCUT2D eigenvalue weighted by Crippen LogP contribution is 2.39. The molecule has 1 aromatic heterocycles. The minimum Gasteiger partial charge on any atom is -0.383 e. The topological polar surface area (TPSA) is 20.2 Å². The van der Waals surface area contributed by atoms with Crippen molar-refractivity contribution in [3.8, 4) is 0 Å². The number of aliphatic hydroxyl groups is 1. The van der Waals surface area contributed by atoms with Crippen LogP contribution in [0.4, 0.5) is 4.39 Å². The highest BCUT2D eigenvalue weighted by molar-refractivity contribution is 9.13. The first-order valence-corrected chi connectivity index (χ1v) is 7.35. The van der Waals surface area contributed by atoms with Gasteiger partial charge in [-0.15, -0.1) is 11.3 Å². The number of hydrogen-bond donors (Lipinski definition) is 1. The van der Waals surface area contributed by atoms with Gasteiger partial charge in [-0.05, 0) is 56.1 Å². The van der Waals surface area contributed by atoms with Crippen molar-refractivity contribution in [1.29, 1.82) is 0 Å². The summed E-state index contributed by atoms with van der Waals surface area (Å²) in [6.07, 6.45) is -0.925. The van der Waals surface area contributed by atoms with Crippen molar-refractivity contribution in [1.82, 2.24) is 0 Å². The maximum Gasteiger partial charge on any atom is 0.123 e. The second-order valence-corrected chi connectivity index (χ2v) is 7.00. The van der Waals surface area contributed by atoms with Crippen molar-refractivity contribution in [3.05, 3.63) is 53.8 Å². The van der Waals surface area contributed by atoms with Gasteiger partial charge in [-0.1, -0.05) is 11.6 Å². The lowest BCUT2D eigenvalue weighted by molar-refractivity contribution is 0.223. The van der Waals surface area contributed by atoms with Gasteiger partial charge >= 0.3 is 0 Å². The number of rotatable bonds is 2. The van der Waals surface area contributed by atoms with Gasteiger partial charge in [0.05, 0.1) is 3.79 Å². The average Bonchev–Trinajstić information content (AvgIpc) is 2.62. The maximum absolute atomic E-state index is 13.1. The van der Waals surface area contributed by atoms with E-state index in [1.165, 1.54) is 29.5 Å². The Bertz CT molecular complexity index is 539. The zero-order valence-electron chi connectivity index (χ0n) is 8.25. The van der Waals surface area contributed by atoms with E-state index in [1.54, 1.807) is 6.07 Å². The maximum atomic E-state index is 13.1. The molecule has 90 valence electrons. The zero-order valence-corrected chi connectivity index (χ0v) is 13.0. The molecule has 0 amide bonds. The van der Waals surface area contributed by atoms with Crippen LogP contribution in [0.3, 0.4) is 0 Å². The summed E-state index contributed by atoms with van der Waals surface area (Å²) in [6.45, 7) is 0. The Morgan fingerprint density at radius 3 is 2.59 bits per heavy atom. The molecule has 1 atom stereocenters. The van der Waals surface area contributed by atoms with Gasteiger partial charge in [-0.25, -0.2) is 4.39 Å². The summed E-state index contributed by atoms with van der Waals surface area (Å²) < 4.78 is 14.8. The molecule has 1 nitrogen and oxygen atoms in total. The first-order chi connectivity index (χ1) is 7.99. The van der Waals surface area contributed by atoms with Gasteiger partial charge in [-0.2, -0.15) is 0 Å². The van der Waals surface area contributed by atoms with Crippen LogP contribution in [0.2, 0.25) is 5.02 Å². The predicted octanol–water partition coefficient (Wildman–Crippen LogP) is 5.15. The van der Waals surface area contributed by atoms with Crippen molar-refractivity contribution < 1.29 is 9.50 Å². The molecular weight excluding hydrogens is 394 g/mol. The molecule has 0 bridgehead atoms. The number of halogens is 4. The molecule has 17 heavy (non-hydrogen) atoms. The van der Waals surface area contributed by atoms with Crippen LogP contribution in [-0.2, 0) is 0 Å². The van der Waals surface area contributed by atoms with E-state index in [4.69, 9.17) is 11.6 Å². The van der Waals surface area contributed by atoms with E-state index in [0.29, 0.717) is 15.5 Å². The van der Waals surface area contributed by atoms with Crippen LogP contribution in [0.1, 0.15) is 16.5 Å². The highest BCUT2D eigenvalue weighted by Gasteiger charge is 2.18. The number of aliphatic hydroxyl groups excluding tert-OH is 1. The van der Waals surface area contributed by atoms with Gasteiger partial charge in [0, 0.05) is 19.9 Å². The van der Waals surface area contributed by atoms with Crippen LogP contribution in [0.25, 0.3) is 0 Å². The summed E-state index contributed by atoms with van der Waals surface area (Å²) in [7, 11) is 0. The predicted molar refractivity (Wildman–Crippen MR) is 75.2 cm³/mol. The fourth-order valence-corrected chi connectivity index (χ4v) is 3.69. The number of thiophene rings is 1. The Balaban J connectivity index is 2.42. The normalized spacial score (nSPS) is 12.8. The molecule has 0 saturated carbocycles. The molecule has 1 heterocycles. The van der Waals surface area contributed by atoms with Crippen molar-refractivity contribution in [2.75, 3.05) is 0 Å². The summed E-state index contributed by atoms with van der Waals surface area (Å²) in [5.41, 5.74) is 0.368. The van der Waals surface area contributed by atoms with Crippen molar-refractivity contribution in [2.24, 2.45) is 0 Å². The summed E-state index contributed by atoms with van der Waals surface area (Å²) in [4.78, 5) is 0.691. The molecular formula is C11H6Br2ClFOS. The average molecular weight is 400 g/mol. The third-order valence-electron chi connectivity index (χ3n) is 2.19. The second kappa shape index (κ2) is 5.36. The smallest absolute Gasteiger partial charge is 0.123 e. The van der Waals surface area contributed by atoms with E-state index in [-0.39, 0.29) is 0 Å². The van der Waals surface area contributed by atoms with Crippen molar-refractivity contribution in [3.63, 3.8) is 0 Å². The Morgan fingerprint density at radius 1 is 1.29 bits per heavy atom. The quantitative estimate of drug-likeness (QED) is 0.739. The summed E-state index contributed by atoms with van der Waals surface area (Å²) in [5, 5.41) is 10.5. The third kappa shape index (κ3) is 2.90. The first-order valence-electron chi connectivity index (χ1n) is 4.57. The molecule has 0 aliphatic rings. The SMILES string of the molecule is OC(c1cc(Br)c(Br)s1)c1cc(F)ccc1Cl. The zero-order chi connectivity index (χ0) is 12.6. The summed E-state index contributed by atoms with van der Waals surface area (Å²) >= 11 is 14.0. The fourth-order valence-electron chi connectivity index (χ4n) is 1.38. The largest absolute Gasteiger partial charge is 0.383 e. The minimum atomic E-state index is -0.925. The van der Waals surface area contributed by atoms with Gasteiger partial charge < -0.3 is 5.11 Å². The lowest BCUT2D eigenvalue weighted by atomic mass is 10.1. The first kappa shape index (κ1) is 13.5. The lowest BCUT2D eigenvalue weighted by Crippen LogP contribution is -1.98. The second-order valence-electron chi connectivity index (χ2n) is 3.34. The molecule has 0 saturated heterocycles. The van der Waals surface area contributed by atoms with Gasteiger partial charge in [-0.3, -0.25) is 0 Å². The highest BCUT2D eigenvalue weighted by atomic mass is 79.9. The molecule has 1 aromatic carbocycles. The molecule has 0 radical (unpaired) electrons. The van der Waals surface area contributed by atoms with Crippen LogP contribution in [0.15, 0.2) is 32.5 Å². The summed E-state index contributed by atoms with van der Waals surface area (Å²) in [5.74, 6) is -0.418.